The summed E-state index contributed by atoms with van der Waals surface area (Å²) in [6, 6.07) is 2.46. The van der Waals surface area contributed by atoms with Crippen molar-refractivity contribution in [1.29, 1.82) is 0 Å². The minimum atomic E-state index is -4.45. The first-order valence-corrected chi connectivity index (χ1v) is 7.17. The van der Waals surface area contributed by atoms with Crippen LogP contribution in [0.3, 0.4) is 0 Å². The zero-order chi connectivity index (χ0) is 16.6. The number of carboxylic acids is 1. The Morgan fingerprint density at radius 2 is 2.09 bits per heavy atom. The van der Waals surface area contributed by atoms with E-state index >= 15 is 0 Å². The summed E-state index contributed by atoms with van der Waals surface area (Å²) >= 11 is 1.15. The Hall–Kier alpha value is -1.97. The van der Waals surface area contributed by atoms with E-state index in [2.05, 4.69) is 15.0 Å². The maximum absolute atomic E-state index is 11.9. The lowest BCUT2D eigenvalue weighted by Crippen LogP contribution is -2.26. The number of aliphatic carboxylic acids is 1. The molecule has 0 aliphatic rings. The van der Waals surface area contributed by atoms with Crippen molar-refractivity contribution in [2.75, 3.05) is 24.7 Å². The summed E-state index contributed by atoms with van der Waals surface area (Å²) in [6.45, 7) is -1.19. The van der Waals surface area contributed by atoms with Gasteiger partial charge in [-0.1, -0.05) is 0 Å². The van der Waals surface area contributed by atoms with Crippen molar-refractivity contribution in [1.82, 2.24) is 10.3 Å². The number of hydrogen-bond acceptors (Lipinski definition) is 5. The van der Waals surface area contributed by atoms with Crippen LogP contribution in [0.15, 0.2) is 18.3 Å². The Balaban J connectivity index is 2.36. The van der Waals surface area contributed by atoms with Crippen LogP contribution < -0.4 is 10.1 Å². The third kappa shape index (κ3) is 7.72. The number of hydrogen-bond donors (Lipinski definition) is 2. The largest absolute Gasteiger partial charge is 0.481 e. The van der Waals surface area contributed by atoms with Gasteiger partial charge in [0, 0.05) is 24.6 Å². The summed E-state index contributed by atoms with van der Waals surface area (Å²) in [6.07, 6.45) is -3.35. The molecule has 0 atom stereocenters. The summed E-state index contributed by atoms with van der Waals surface area (Å²) < 4.78 is 40.2. The van der Waals surface area contributed by atoms with E-state index in [-0.39, 0.29) is 23.7 Å². The second-order valence-corrected chi connectivity index (χ2v) is 5.10. The summed E-state index contributed by atoms with van der Waals surface area (Å²) in [5, 5.41) is 11.0. The molecular formula is C12H13F3N2O4S. The Bertz CT molecular complexity index is 508. The van der Waals surface area contributed by atoms with Crippen molar-refractivity contribution in [3.8, 4) is 5.88 Å². The van der Waals surface area contributed by atoms with Crippen LogP contribution in [0.25, 0.3) is 0 Å². The molecule has 0 bridgehead atoms. The Kier molecular flexibility index (Phi) is 6.96. The maximum atomic E-state index is 11.9. The number of aromatic nitrogens is 1. The quantitative estimate of drug-likeness (QED) is 0.700. The van der Waals surface area contributed by atoms with Crippen LogP contribution in [0, 0.1) is 0 Å². The average molecular weight is 338 g/mol. The van der Waals surface area contributed by atoms with Crippen LogP contribution in [0.2, 0.25) is 0 Å². The standard InChI is InChI=1S/C12H13F3N2O4S/c13-12(14,15)7-21-9-2-1-8(5-17-9)11(20)16-3-4-22-6-10(18)19/h1-2,5H,3-4,6-7H2,(H,16,20)(H,18,19). The van der Waals surface area contributed by atoms with Gasteiger partial charge in [0.05, 0.1) is 11.3 Å². The predicted molar refractivity (Wildman–Crippen MR) is 73.1 cm³/mol. The molecule has 0 unspecified atom stereocenters. The molecule has 6 nitrogen and oxygen atoms in total. The highest BCUT2D eigenvalue weighted by Gasteiger charge is 2.28. The normalized spacial score (nSPS) is 11.0. The third-order valence-corrected chi connectivity index (χ3v) is 3.08. The Morgan fingerprint density at radius 3 is 2.64 bits per heavy atom. The van der Waals surface area contributed by atoms with Crippen LogP contribution >= 0.6 is 11.8 Å². The summed E-state index contributed by atoms with van der Waals surface area (Å²) in [5.74, 6) is -1.24. The van der Waals surface area contributed by atoms with Crippen molar-refractivity contribution in [3.63, 3.8) is 0 Å². The van der Waals surface area contributed by atoms with Crippen LogP contribution in [0.1, 0.15) is 10.4 Å². The highest BCUT2D eigenvalue weighted by molar-refractivity contribution is 7.99. The highest BCUT2D eigenvalue weighted by Crippen LogP contribution is 2.17. The van der Waals surface area contributed by atoms with Crippen molar-refractivity contribution in [3.05, 3.63) is 23.9 Å². The number of rotatable bonds is 8. The second-order valence-electron chi connectivity index (χ2n) is 3.99. The fourth-order valence-electron chi connectivity index (χ4n) is 1.25. The van der Waals surface area contributed by atoms with Gasteiger partial charge in [-0.05, 0) is 6.07 Å². The number of carbonyl (C=O) groups is 2. The number of nitrogens with one attached hydrogen (secondary N) is 1. The highest BCUT2D eigenvalue weighted by atomic mass is 32.2. The third-order valence-electron chi connectivity index (χ3n) is 2.14. The van der Waals surface area contributed by atoms with Crippen LogP contribution in [0.4, 0.5) is 13.2 Å². The van der Waals surface area contributed by atoms with E-state index in [1.54, 1.807) is 0 Å². The first-order chi connectivity index (χ1) is 10.3. The molecule has 22 heavy (non-hydrogen) atoms. The fraction of sp³-hybridized carbons (Fsp3) is 0.417. The lowest BCUT2D eigenvalue weighted by atomic mass is 10.2. The molecule has 0 saturated heterocycles. The van der Waals surface area contributed by atoms with Crippen LogP contribution in [-0.4, -0.2) is 52.8 Å². The van der Waals surface area contributed by atoms with E-state index in [9.17, 15) is 22.8 Å². The zero-order valence-electron chi connectivity index (χ0n) is 11.2. The van der Waals surface area contributed by atoms with Gasteiger partial charge in [-0.25, -0.2) is 4.98 Å². The number of pyridine rings is 1. The number of carboxylic acid groups (broad SMARTS) is 1. The van der Waals surface area contributed by atoms with Gasteiger partial charge in [0.15, 0.2) is 6.61 Å². The summed E-state index contributed by atoms with van der Waals surface area (Å²) in [5.41, 5.74) is 0.169. The molecule has 0 saturated carbocycles. The van der Waals surface area contributed by atoms with Gasteiger partial charge in [-0.3, -0.25) is 9.59 Å². The lowest BCUT2D eigenvalue weighted by Gasteiger charge is -2.08. The van der Waals surface area contributed by atoms with E-state index in [4.69, 9.17) is 5.11 Å². The molecule has 1 rings (SSSR count). The molecule has 10 heteroatoms. The van der Waals surface area contributed by atoms with E-state index in [0.717, 1.165) is 18.0 Å². The average Bonchev–Trinajstić information content (AvgIpc) is 2.44. The van der Waals surface area contributed by atoms with Gasteiger partial charge in [0.1, 0.15) is 0 Å². The number of thioether (sulfide) groups is 1. The van der Waals surface area contributed by atoms with Gasteiger partial charge >= 0.3 is 12.1 Å². The van der Waals surface area contributed by atoms with E-state index in [1.165, 1.54) is 12.1 Å². The molecule has 2 N–H and O–H groups in total. The van der Waals surface area contributed by atoms with Gasteiger partial charge in [-0.15, -0.1) is 11.8 Å². The number of ether oxygens (including phenoxy) is 1. The summed E-state index contributed by atoms with van der Waals surface area (Å²) in [7, 11) is 0. The number of amides is 1. The molecule has 0 radical (unpaired) electrons. The molecule has 1 heterocycles. The molecule has 0 aliphatic carbocycles. The van der Waals surface area contributed by atoms with Crippen molar-refractivity contribution in [2.45, 2.75) is 6.18 Å². The topological polar surface area (TPSA) is 88.5 Å². The molecule has 0 spiro atoms. The SMILES string of the molecule is O=C(O)CSCCNC(=O)c1ccc(OCC(F)(F)F)nc1. The molecule has 1 amide bonds. The Labute approximate surface area is 128 Å². The first-order valence-electron chi connectivity index (χ1n) is 6.01. The number of halogens is 3. The molecule has 0 fully saturated rings. The molecular weight excluding hydrogens is 325 g/mol. The smallest absolute Gasteiger partial charge is 0.422 e. The molecule has 0 aromatic carbocycles. The fourth-order valence-corrected chi connectivity index (χ4v) is 1.82. The zero-order valence-corrected chi connectivity index (χ0v) is 12.0. The molecule has 1 aromatic heterocycles. The van der Waals surface area contributed by atoms with Gasteiger partial charge in [0.2, 0.25) is 5.88 Å². The Morgan fingerprint density at radius 1 is 1.36 bits per heavy atom. The van der Waals surface area contributed by atoms with E-state index in [0.29, 0.717) is 5.75 Å². The minimum Gasteiger partial charge on any atom is -0.481 e. The minimum absolute atomic E-state index is 0.0529. The molecule has 0 aliphatic heterocycles. The number of nitrogens with zero attached hydrogens (tertiary/aromatic N) is 1. The maximum Gasteiger partial charge on any atom is 0.422 e. The number of carbonyl (C=O) groups excluding carboxylic acids is 1. The van der Waals surface area contributed by atoms with Gasteiger partial charge in [-0.2, -0.15) is 13.2 Å². The second kappa shape index (κ2) is 8.47. The summed E-state index contributed by atoms with van der Waals surface area (Å²) in [4.78, 5) is 25.5. The number of alkyl halides is 3. The molecule has 122 valence electrons. The predicted octanol–water partition coefficient (Wildman–Crippen LogP) is 1.57. The van der Waals surface area contributed by atoms with E-state index < -0.39 is 24.7 Å². The first kappa shape index (κ1) is 18.1. The monoisotopic (exact) mass is 338 g/mol. The van der Waals surface area contributed by atoms with Crippen LogP contribution in [-0.2, 0) is 4.79 Å². The molecule has 1 aromatic rings. The van der Waals surface area contributed by atoms with Gasteiger partial charge in [0.25, 0.3) is 5.91 Å². The van der Waals surface area contributed by atoms with E-state index in [1.807, 2.05) is 0 Å². The van der Waals surface area contributed by atoms with Crippen LogP contribution in [0.5, 0.6) is 5.88 Å². The van der Waals surface area contributed by atoms with Gasteiger partial charge < -0.3 is 15.2 Å². The lowest BCUT2D eigenvalue weighted by molar-refractivity contribution is -0.154. The van der Waals surface area contributed by atoms with Crippen molar-refractivity contribution >= 4 is 23.6 Å². The van der Waals surface area contributed by atoms with Crippen molar-refractivity contribution in [2.24, 2.45) is 0 Å². The van der Waals surface area contributed by atoms with Crippen molar-refractivity contribution < 1.29 is 32.6 Å².